The summed E-state index contributed by atoms with van der Waals surface area (Å²) in [5.74, 6) is -0.0157. The van der Waals surface area contributed by atoms with Crippen LogP contribution in [-0.2, 0) is 14.8 Å². The van der Waals surface area contributed by atoms with Crippen LogP contribution in [0.25, 0.3) is 0 Å². The number of anilines is 2. The first-order valence-corrected chi connectivity index (χ1v) is 8.16. The minimum absolute atomic E-state index is 0.0132. The SMILES string of the molecule is O=C(Nc1cccc(NS(=O)(=O)CCCl)c1)C1CC1. The van der Waals surface area contributed by atoms with Gasteiger partial charge in [-0.3, -0.25) is 9.52 Å². The van der Waals surface area contributed by atoms with Gasteiger partial charge in [-0.2, -0.15) is 0 Å². The fourth-order valence-electron chi connectivity index (χ4n) is 1.58. The third kappa shape index (κ3) is 4.40. The van der Waals surface area contributed by atoms with Crippen molar-refractivity contribution in [2.24, 2.45) is 5.92 Å². The summed E-state index contributed by atoms with van der Waals surface area (Å²) in [6.07, 6.45) is 1.85. The molecule has 0 spiro atoms. The van der Waals surface area contributed by atoms with E-state index in [1.807, 2.05) is 0 Å². The van der Waals surface area contributed by atoms with E-state index in [9.17, 15) is 13.2 Å². The van der Waals surface area contributed by atoms with Gasteiger partial charge in [0, 0.05) is 17.5 Å². The number of rotatable bonds is 6. The van der Waals surface area contributed by atoms with Crippen LogP contribution in [-0.4, -0.2) is 26.0 Å². The van der Waals surface area contributed by atoms with Crippen molar-refractivity contribution in [2.45, 2.75) is 12.8 Å². The van der Waals surface area contributed by atoms with E-state index in [0.29, 0.717) is 11.4 Å². The van der Waals surface area contributed by atoms with Crippen LogP contribution in [0.4, 0.5) is 11.4 Å². The van der Waals surface area contributed by atoms with E-state index in [4.69, 9.17) is 11.6 Å². The van der Waals surface area contributed by atoms with Crippen molar-refractivity contribution in [3.63, 3.8) is 0 Å². The summed E-state index contributed by atoms with van der Waals surface area (Å²) in [7, 11) is -3.43. The number of hydrogen-bond acceptors (Lipinski definition) is 3. The van der Waals surface area contributed by atoms with Crippen molar-refractivity contribution in [2.75, 3.05) is 21.7 Å². The molecular weight excluding hydrogens is 288 g/mol. The second-order valence-electron chi connectivity index (χ2n) is 4.45. The normalized spacial score (nSPS) is 15.0. The van der Waals surface area contributed by atoms with E-state index in [1.165, 1.54) is 0 Å². The highest BCUT2D eigenvalue weighted by Crippen LogP contribution is 2.30. The number of benzene rings is 1. The summed E-state index contributed by atoms with van der Waals surface area (Å²) >= 11 is 5.42. The third-order valence-electron chi connectivity index (χ3n) is 2.70. The summed E-state index contributed by atoms with van der Waals surface area (Å²) in [4.78, 5) is 11.6. The van der Waals surface area contributed by atoms with Gasteiger partial charge >= 0.3 is 0 Å². The Morgan fingerprint density at radius 3 is 2.63 bits per heavy atom. The molecule has 104 valence electrons. The highest BCUT2D eigenvalue weighted by molar-refractivity contribution is 7.92. The molecule has 0 unspecified atom stereocenters. The van der Waals surface area contributed by atoms with Gasteiger partial charge in [-0.15, -0.1) is 11.6 Å². The van der Waals surface area contributed by atoms with E-state index in [0.717, 1.165) is 12.8 Å². The highest BCUT2D eigenvalue weighted by atomic mass is 35.5. The largest absolute Gasteiger partial charge is 0.326 e. The van der Waals surface area contributed by atoms with Crippen LogP contribution < -0.4 is 10.0 Å². The molecule has 1 aliphatic carbocycles. The maximum Gasteiger partial charge on any atom is 0.233 e. The zero-order chi connectivity index (χ0) is 13.9. The maximum atomic E-state index is 11.6. The average Bonchev–Trinajstić information content (AvgIpc) is 3.11. The first-order chi connectivity index (χ1) is 9.00. The number of amides is 1. The standard InChI is InChI=1S/C12H15ClN2O3S/c13-6-7-19(17,18)15-11-3-1-2-10(8-11)14-12(16)9-4-5-9/h1-3,8-9,15H,4-7H2,(H,14,16). The van der Waals surface area contributed by atoms with E-state index < -0.39 is 10.0 Å². The molecule has 5 nitrogen and oxygen atoms in total. The molecule has 1 aliphatic rings. The van der Waals surface area contributed by atoms with Gasteiger partial charge in [0.25, 0.3) is 0 Å². The second kappa shape index (κ2) is 5.79. The molecule has 0 aromatic heterocycles. The monoisotopic (exact) mass is 302 g/mol. The molecule has 1 amide bonds. The summed E-state index contributed by atoms with van der Waals surface area (Å²) in [5, 5.41) is 2.76. The van der Waals surface area contributed by atoms with Crippen molar-refractivity contribution < 1.29 is 13.2 Å². The predicted molar refractivity (Wildman–Crippen MR) is 75.9 cm³/mol. The van der Waals surface area contributed by atoms with Crippen LogP contribution in [0.3, 0.4) is 0 Å². The minimum Gasteiger partial charge on any atom is -0.326 e. The molecule has 2 N–H and O–H groups in total. The minimum atomic E-state index is -3.43. The molecule has 0 aliphatic heterocycles. The molecule has 1 aromatic rings. The molecular formula is C12H15ClN2O3S. The quantitative estimate of drug-likeness (QED) is 0.789. The molecule has 7 heteroatoms. The van der Waals surface area contributed by atoms with Crippen LogP contribution in [0.15, 0.2) is 24.3 Å². The van der Waals surface area contributed by atoms with E-state index in [1.54, 1.807) is 24.3 Å². The first-order valence-electron chi connectivity index (χ1n) is 5.97. The first kappa shape index (κ1) is 14.1. The highest BCUT2D eigenvalue weighted by Gasteiger charge is 2.29. The van der Waals surface area contributed by atoms with Crippen molar-refractivity contribution in [1.82, 2.24) is 0 Å². The number of halogens is 1. The van der Waals surface area contributed by atoms with Crippen LogP contribution in [0.1, 0.15) is 12.8 Å². The van der Waals surface area contributed by atoms with E-state index >= 15 is 0 Å². The Kier molecular flexibility index (Phi) is 4.31. The Bertz CT molecular complexity index is 570. The van der Waals surface area contributed by atoms with Crippen molar-refractivity contribution in [3.05, 3.63) is 24.3 Å². The summed E-state index contributed by atoms with van der Waals surface area (Å²) < 4.78 is 25.6. The molecule has 2 rings (SSSR count). The Balaban J connectivity index is 2.04. The van der Waals surface area contributed by atoms with Crippen LogP contribution in [0.2, 0.25) is 0 Å². The Morgan fingerprint density at radius 1 is 1.32 bits per heavy atom. The van der Waals surface area contributed by atoms with Gasteiger partial charge in [-0.1, -0.05) is 6.07 Å². The third-order valence-corrected chi connectivity index (χ3v) is 4.40. The van der Waals surface area contributed by atoms with Crippen molar-refractivity contribution in [1.29, 1.82) is 0 Å². The average molecular weight is 303 g/mol. The molecule has 1 aromatic carbocycles. The number of carbonyl (C=O) groups excluding carboxylic acids is 1. The number of nitrogens with one attached hydrogen (secondary N) is 2. The molecule has 0 heterocycles. The molecule has 0 saturated heterocycles. The molecule has 19 heavy (non-hydrogen) atoms. The summed E-state index contributed by atoms with van der Waals surface area (Å²) in [6.45, 7) is 0. The molecule has 0 bridgehead atoms. The van der Waals surface area contributed by atoms with Gasteiger partial charge in [-0.25, -0.2) is 8.42 Å². The maximum absolute atomic E-state index is 11.6. The van der Waals surface area contributed by atoms with Crippen LogP contribution in [0, 0.1) is 5.92 Å². The Labute approximate surface area is 117 Å². The Morgan fingerprint density at radius 2 is 2.00 bits per heavy atom. The smallest absolute Gasteiger partial charge is 0.233 e. The van der Waals surface area contributed by atoms with Crippen LogP contribution in [0.5, 0.6) is 0 Å². The summed E-state index contributed by atoms with van der Waals surface area (Å²) in [6, 6.07) is 6.62. The van der Waals surface area contributed by atoms with Crippen molar-refractivity contribution in [3.8, 4) is 0 Å². The number of hydrogen-bond donors (Lipinski definition) is 2. The van der Waals surface area contributed by atoms with E-state index in [2.05, 4.69) is 10.0 Å². The topological polar surface area (TPSA) is 75.3 Å². The lowest BCUT2D eigenvalue weighted by Crippen LogP contribution is -2.18. The van der Waals surface area contributed by atoms with Crippen LogP contribution >= 0.6 is 11.6 Å². The fourth-order valence-corrected chi connectivity index (χ4v) is 2.98. The number of sulfonamides is 1. The lowest BCUT2D eigenvalue weighted by molar-refractivity contribution is -0.117. The van der Waals surface area contributed by atoms with Gasteiger partial charge in [0.2, 0.25) is 15.9 Å². The van der Waals surface area contributed by atoms with E-state index in [-0.39, 0.29) is 23.5 Å². The number of alkyl halides is 1. The van der Waals surface area contributed by atoms with Crippen molar-refractivity contribution >= 4 is 38.9 Å². The van der Waals surface area contributed by atoms with Gasteiger partial charge in [0.05, 0.1) is 11.4 Å². The second-order valence-corrected chi connectivity index (χ2v) is 6.67. The van der Waals surface area contributed by atoms with Gasteiger partial charge in [0.1, 0.15) is 0 Å². The van der Waals surface area contributed by atoms with Gasteiger partial charge in [-0.05, 0) is 31.0 Å². The molecule has 0 atom stereocenters. The van der Waals surface area contributed by atoms with Gasteiger partial charge in [0.15, 0.2) is 0 Å². The molecule has 1 fully saturated rings. The fraction of sp³-hybridized carbons (Fsp3) is 0.417. The van der Waals surface area contributed by atoms with Gasteiger partial charge < -0.3 is 5.32 Å². The summed E-state index contributed by atoms with van der Waals surface area (Å²) in [5.41, 5.74) is 1.00. The predicted octanol–water partition coefficient (Wildman–Crippen LogP) is 2.02. The lowest BCUT2D eigenvalue weighted by atomic mass is 10.2. The molecule has 0 radical (unpaired) electrons. The zero-order valence-corrected chi connectivity index (χ0v) is 11.8. The molecule has 1 saturated carbocycles. The Hall–Kier alpha value is -1.27. The number of carbonyl (C=O) groups is 1. The lowest BCUT2D eigenvalue weighted by Gasteiger charge is -2.09. The zero-order valence-electron chi connectivity index (χ0n) is 10.2.